The van der Waals surface area contributed by atoms with E-state index in [0.29, 0.717) is 50.5 Å². The Labute approximate surface area is 198 Å². The van der Waals surface area contributed by atoms with Crippen molar-refractivity contribution < 1.29 is 14.3 Å². The van der Waals surface area contributed by atoms with Crippen LogP contribution in [0.5, 0.6) is 5.75 Å². The summed E-state index contributed by atoms with van der Waals surface area (Å²) in [5.74, 6) is 0.797. The minimum Gasteiger partial charge on any atom is -0.487 e. The Morgan fingerprint density at radius 2 is 1.76 bits per heavy atom. The van der Waals surface area contributed by atoms with Gasteiger partial charge in [-0.2, -0.15) is 0 Å². The molecule has 1 aliphatic rings. The van der Waals surface area contributed by atoms with E-state index < -0.39 is 0 Å². The Morgan fingerprint density at radius 3 is 2.48 bits per heavy atom. The number of amides is 2. The second kappa shape index (κ2) is 11.1. The van der Waals surface area contributed by atoms with Gasteiger partial charge in [-0.15, -0.1) is 11.3 Å². The Bertz CT molecular complexity index is 1080. The second-order valence-electron chi connectivity index (χ2n) is 8.19. The number of piperazine rings is 1. The van der Waals surface area contributed by atoms with Gasteiger partial charge in [0.1, 0.15) is 12.4 Å². The normalized spacial score (nSPS) is 13.7. The van der Waals surface area contributed by atoms with Crippen LogP contribution < -0.4 is 4.74 Å². The van der Waals surface area contributed by atoms with E-state index in [9.17, 15) is 9.59 Å². The molecular formula is C26H29N3O3S. The molecule has 2 heterocycles. The van der Waals surface area contributed by atoms with Crippen LogP contribution in [0.4, 0.5) is 0 Å². The first-order valence-corrected chi connectivity index (χ1v) is 12.2. The summed E-state index contributed by atoms with van der Waals surface area (Å²) in [5.41, 5.74) is 2.75. The first-order valence-electron chi connectivity index (χ1n) is 11.3. The van der Waals surface area contributed by atoms with Crippen molar-refractivity contribution in [2.24, 2.45) is 0 Å². The number of hydrogen-bond acceptors (Lipinski definition) is 5. The van der Waals surface area contributed by atoms with Crippen LogP contribution >= 0.6 is 11.3 Å². The van der Waals surface area contributed by atoms with Crippen LogP contribution in [0.25, 0.3) is 0 Å². The molecule has 2 aromatic carbocycles. The molecule has 1 fully saturated rings. The number of ether oxygens (including phenoxy) is 1. The lowest BCUT2D eigenvalue weighted by atomic mass is 10.1. The molecule has 0 aliphatic carbocycles. The summed E-state index contributed by atoms with van der Waals surface area (Å²) in [6.07, 6.45) is 2.29. The van der Waals surface area contributed by atoms with Gasteiger partial charge in [-0.25, -0.2) is 4.98 Å². The zero-order valence-corrected chi connectivity index (χ0v) is 19.7. The van der Waals surface area contributed by atoms with E-state index in [0.717, 1.165) is 23.5 Å². The molecule has 33 heavy (non-hydrogen) atoms. The van der Waals surface area contributed by atoms with Crippen LogP contribution in [0.1, 0.15) is 39.5 Å². The fourth-order valence-corrected chi connectivity index (χ4v) is 4.54. The number of nitrogens with zero attached hydrogens (tertiary/aromatic N) is 3. The molecule has 1 aliphatic heterocycles. The Kier molecular flexibility index (Phi) is 7.73. The second-order valence-corrected chi connectivity index (χ2v) is 9.25. The van der Waals surface area contributed by atoms with E-state index in [1.54, 1.807) is 17.4 Å². The molecule has 0 atom stereocenters. The lowest BCUT2D eigenvalue weighted by Gasteiger charge is -2.35. The van der Waals surface area contributed by atoms with E-state index >= 15 is 0 Å². The van der Waals surface area contributed by atoms with Crippen LogP contribution in [0.3, 0.4) is 0 Å². The number of aromatic nitrogens is 1. The third-order valence-electron chi connectivity index (χ3n) is 5.75. The van der Waals surface area contributed by atoms with Crippen molar-refractivity contribution in [1.29, 1.82) is 0 Å². The highest BCUT2D eigenvalue weighted by atomic mass is 32.1. The van der Waals surface area contributed by atoms with Gasteiger partial charge in [-0.3, -0.25) is 9.59 Å². The van der Waals surface area contributed by atoms with Gasteiger partial charge in [0.05, 0.1) is 10.7 Å². The number of benzene rings is 2. The maximum atomic E-state index is 13.0. The minimum absolute atomic E-state index is 0.0267. The van der Waals surface area contributed by atoms with Crippen molar-refractivity contribution in [2.75, 3.05) is 26.2 Å². The maximum Gasteiger partial charge on any atom is 0.254 e. The number of hydrogen-bond donors (Lipinski definition) is 0. The van der Waals surface area contributed by atoms with Crippen molar-refractivity contribution in [1.82, 2.24) is 14.8 Å². The van der Waals surface area contributed by atoms with Crippen molar-refractivity contribution in [3.63, 3.8) is 0 Å². The molecule has 172 valence electrons. The average Bonchev–Trinajstić information content (AvgIpc) is 3.28. The monoisotopic (exact) mass is 463 g/mol. The SMILES string of the molecule is Cc1nc(COc2cccc(C(=O)N3CCN(C(=O)CCCc4ccccc4)CC3)c2)cs1. The quantitative estimate of drug-likeness (QED) is 0.499. The van der Waals surface area contributed by atoms with Gasteiger partial charge >= 0.3 is 0 Å². The molecule has 0 unspecified atom stereocenters. The molecule has 0 bridgehead atoms. The third kappa shape index (κ3) is 6.42. The number of carbonyl (C=O) groups excluding carboxylic acids is 2. The van der Waals surface area contributed by atoms with Gasteiger partial charge in [-0.1, -0.05) is 36.4 Å². The highest BCUT2D eigenvalue weighted by Crippen LogP contribution is 2.18. The summed E-state index contributed by atoms with van der Waals surface area (Å²) in [6, 6.07) is 17.5. The fraction of sp³-hybridized carbons (Fsp3) is 0.346. The Hall–Kier alpha value is -3.19. The highest BCUT2D eigenvalue weighted by molar-refractivity contribution is 7.09. The van der Waals surface area contributed by atoms with Crippen LogP contribution in [0.2, 0.25) is 0 Å². The van der Waals surface area contributed by atoms with Crippen molar-refractivity contribution in [2.45, 2.75) is 32.8 Å². The molecule has 1 saturated heterocycles. The average molecular weight is 464 g/mol. The molecule has 6 nitrogen and oxygen atoms in total. The van der Waals surface area contributed by atoms with Crippen molar-refractivity contribution in [3.8, 4) is 5.75 Å². The van der Waals surface area contributed by atoms with E-state index in [1.165, 1.54) is 5.56 Å². The van der Waals surface area contributed by atoms with Crippen LogP contribution in [-0.2, 0) is 17.8 Å². The minimum atomic E-state index is -0.0267. The summed E-state index contributed by atoms with van der Waals surface area (Å²) in [7, 11) is 0. The lowest BCUT2D eigenvalue weighted by molar-refractivity contribution is -0.132. The molecule has 7 heteroatoms. The van der Waals surface area contributed by atoms with Crippen LogP contribution in [0.15, 0.2) is 60.0 Å². The molecular weight excluding hydrogens is 434 g/mol. The summed E-state index contributed by atoms with van der Waals surface area (Å²) in [5, 5.41) is 2.98. The Balaban J connectivity index is 1.23. The summed E-state index contributed by atoms with van der Waals surface area (Å²) in [6.45, 7) is 4.60. The summed E-state index contributed by atoms with van der Waals surface area (Å²) < 4.78 is 5.82. The molecule has 4 rings (SSSR count). The van der Waals surface area contributed by atoms with Crippen LogP contribution in [0, 0.1) is 6.92 Å². The molecule has 0 N–H and O–H groups in total. The standard InChI is InChI=1S/C26H29N3O3S/c1-20-27-23(19-33-20)18-32-24-11-6-10-22(17-24)26(31)29-15-13-28(14-16-29)25(30)12-5-9-21-7-3-2-4-8-21/h2-4,6-8,10-11,17,19H,5,9,12-16,18H2,1H3. The van der Waals surface area contributed by atoms with Gasteiger partial charge in [-0.05, 0) is 43.5 Å². The highest BCUT2D eigenvalue weighted by Gasteiger charge is 2.24. The third-order valence-corrected chi connectivity index (χ3v) is 6.58. The number of aryl methyl sites for hydroxylation is 2. The molecule has 1 aromatic heterocycles. The molecule has 3 aromatic rings. The predicted octanol–water partition coefficient (Wildman–Crippen LogP) is 4.34. The first kappa shape index (κ1) is 23.0. The van der Waals surface area contributed by atoms with Gasteiger partial charge in [0.15, 0.2) is 0 Å². The molecule has 0 spiro atoms. The lowest BCUT2D eigenvalue weighted by Crippen LogP contribution is -2.50. The molecule has 0 radical (unpaired) electrons. The fourth-order valence-electron chi connectivity index (χ4n) is 3.94. The van der Waals surface area contributed by atoms with E-state index in [1.807, 2.05) is 58.5 Å². The molecule has 0 saturated carbocycles. The number of carbonyl (C=O) groups is 2. The maximum absolute atomic E-state index is 13.0. The van der Waals surface area contributed by atoms with E-state index in [2.05, 4.69) is 17.1 Å². The van der Waals surface area contributed by atoms with E-state index in [4.69, 9.17) is 4.74 Å². The van der Waals surface area contributed by atoms with E-state index in [-0.39, 0.29) is 11.8 Å². The zero-order valence-electron chi connectivity index (χ0n) is 18.9. The van der Waals surface area contributed by atoms with Crippen molar-refractivity contribution >= 4 is 23.2 Å². The summed E-state index contributed by atoms with van der Waals surface area (Å²) in [4.78, 5) is 33.7. The van der Waals surface area contributed by atoms with Gasteiger partial charge in [0, 0.05) is 43.5 Å². The summed E-state index contributed by atoms with van der Waals surface area (Å²) >= 11 is 1.59. The first-order chi connectivity index (χ1) is 16.1. The smallest absolute Gasteiger partial charge is 0.254 e. The zero-order chi connectivity index (χ0) is 23.0. The largest absolute Gasteiger partial charge is 0.487 e. The number of rotatable bonds is 8. The van der Waals surface area contributed by atoms with Gasteiger partial charge in [0.2, 0.25) is 5.91 Å². The van der Waals surface area contributed by atoms with Gasteiger partial charge in [0.25, 0.3) is 5.91 Å². The van der Waals surface area contributed by atoms with Crippen molar-refractivity contribution in [3.05, 3.63) is 81.8 Å². The number of thiazole rings is 1. The Morgan fingerprint density at radius 1 is 1.00 bits per heavy atom. The topological polar surface area (TPSA) is 62.7 Å². The van der Waals surface area contributed by atoms with Crippen LogP contribution in [-0.4, -0.2) is 52.8 Å². The molecule has 2 amide bonds. The van der Waals surface area contributed by atoms with Gasteiger partial charge < -0.3 is 14.5 Å². The predicted molar refractivity (Wildman–Crippen MR) is 129 cm³/mol.